The lowest BCUT2D eigenvalue weighted by molar-refractivity contribution is 0.0854. The molecule has 1 amide bonds. The smallest absolute Gasteiger partial charge is 0.264 e. The zero-order valence-electron chi connectivity index (χ0n) is 11.9. The first kappa shape index (κ1) is 14.1. The third kappa shape index (κ3) is 2.81. The Hall–Kier alpha value is -1.82. The van der Waals surface area contributed by atoms with Crippen LogP contribution in [-0.2, 0) is 17.6 Å². The molecular weight excluding hydrogens is 272 g/mol. The molecule has 114 valence electrons. The number of nitrogens with one attached hydrogen (secondary N) is 2. The lowest BCUT2D eigenvalue weighted by Crippen LogP contribution is -2.35. The molecule has 3 rings (SSSR count). The number of fused-ring (bicyclic) bond motifs is 1. The van der Waals surface area contributed by atoms with Crippen molar-refractivity contribution in [1.29, 1.82) is 0 Å². The number of carbonyl (C=O) groups excluding carboxylic acids is 1. The standard InChI is InChI=1S/C15H20N2O4/c18-13-10-5-1-2-6-11(10)17-15(20)12(13)14(19)16-8-9-4-3-7-21-9/h9H,1-8H2,(H,16,19)(H2,17,18,20)/t9-/m0/s1. The van der Waals surface area contributed by atoms with E-state index in [4.69, 9.17) is 4.74 Å². The van der Waals surface area contributed by atoms with Gasteiger partial charge in [0.1, 0.15) is 11.3 Å². The fourth-order valence-corrected chi connectivity index (χ4v) is 3.07. The van der Waals surface area contributed by atoms with E-state index in [0.29, 0.717) is 25.1 Å². The molecule has 1 atom stereocenters. The number of carbonyl (C=O) groups is 1. The summed E-state index contributed by atoms with van der Waals surface area (Å²) in [5.74, 6) is -0.684. The summed E-state index contributed by atoms with van der Waals surface area (Å²) in [5, 5.41) is 13.0. The minimum Gasteiger partial charge on any atom is -0.507 e. The molecule has 21 heavy (non-hydrogen) atoms. The van der Waals surface area contributed by atoms with E-state index >= 15 is 0 Å². The van der Waals surface area contributed by atoms with Crippen molar-refractivity contribution in [3.8, 4) is 5.75 Å². The number of aromatic amines is 1. The molecule has 3 N–H and O–H groups in total. The minimum absolute atomic E-state index is 0.00722. The summed E-state index contributed by atoms with van der Waals surface area (Å²) in [7, 11) is 0. The van der Waals surface area contributed by atoms with Crippen LogP contribution >= 0.6 is 0 Å². The van der Waals surface area contributed by atoms with Crippen molar-refractivity contribution >= 4 is 5.91 Å². The number of aryl methyl sites for hydroxylation is 1. The monoisotopic (exact) mass is 292 g/mol. The zero-order valence-corrected chi connectivity index (χ0v) is 11.9. The van der Waals surface area contributed by atoms with E-state index in [1.54, 1.807) is 0 Å². The highest BCUT2D eigenvalue weighted by Crippen LogP contribution is 2.28. The van der Waals surface area contributed by atoms with Gasteiger partial charge in [-0.3, -0.25) is 9.59 Å². The van der Waals surface area contributed by atoms with Crippen LogP contribution in [0.25, 0.3) is 0 Å². The number of aromatic hydroxyl groups is 1. The zero-order chi connectivity index (χ0) is 14.8. The Morgan fingerprint density at radius 2 is 2.14 bits per heavy atom. The van der Waals surface area contributed by atoms with Gasteiger partial charge in [-0.1, -0.05) is 0 Å². The summed E-state index contributed by atoms with van der Waals surface area (Å²) in [4.78, 5) is 27.0. The Balaban J connectivity index is 1.80. The third-order valence-electron chi connectivity index (χ3n) is 4.22. The van der Waals surface area contributed by atoms with Gasteiger partial charge in [-0.2, -0.15) is 0 Å². The fraction of sp³-hybridized carbons (Fsp3) is 0.600. The Morgan fingerprint density at radius 1 is 1.33 bits per heavy atom. The second kappa shape index (κ2) is 5.89. The van der Waals surface area contributed by atoms with Gasteiger partial charge in [-0.25, -0.2) is 0 Å². The van der Waals surface area contributed by atoms with Gasteiger partial charge in [0.05, 0.1) is 6.10 Å². The van der Waals surface area contributed by atoms with E-state index in [-0.39, 0.29) is 17.4 Å². The molecular formula is C15H20N2O4. The third-order valence-corrected chi connectivity index (χ3v) is 4.22. The highest BCUT2D eigenvalue weighted by Gasteiger charge is 2.25. The average Bonchev–Trinajstić information content (AvgIpc) is 2.98. The number of ether oxygens (including phenoxy) is 1. The number of hydrogen-bond donors (Lipinski definition) is 3. The van der Waals surface area contributed by atoms with Crippen molar-refractivity contribution in [2.24, 2.45) is 0 Å². The predicted octanol–water partition coefficient (Wildman–Crippen LogP) is 0.868. The molecule has 1 saturated heterocycles. The maximum atomic E-state index is 12.2. The summed E-state index contributed by atoms with van der Waals surface area (Å²) in [6.45, 7) is 1.08. The Kier molecular flexibility index (Phi) is 3.96. The van der Waals surface area contributed by atoms with Crippen molar-refractivity contribution in [2.75, 3.05) is 13.2 Å². The quantitative estimate of drug-likeness (QED) is 0.771. The molecule has 1 aliphatic carbocycles. The van der Waals surface area contributed by atoms with Gasteiger partial charge in [0.25, 0.3) is 11.5 Å². The molecule has 1 aliphatic heterocycles. The van der Waals surface area contributed by atoms with Crippen LogP contribution in [0.4, 0.5) is 0 Å². The first-order chi connectivity index (χ1) is 10.2. The highest BCUT2D eigenvalue weighted by molar-refractivity contribution is 5.96. The van der Waals surface area contributed by atoms with Gasteiger partial charge in [0.15, 0.2) is 0 Å². The van der Waals surface area contributed by atoms with Crippen molar-refractivity contribution in [3.05, 3.63) is 27.2 Å². The lowest BCUT2D eigenvalue weighted by Gasteiger charge is -2.18. The molecule has 0 saturated carbocycles. The highest BCUT2D eigenvalue weighted by atomic mass is 16.5. The van der Waals surface area contributed by atoms with Crippen LogP contribution in [0.3, 0.4) is 0 Å². The van der Waals surface area contributed by atoms with E-state index < -0.39 is 11.5 Å². The predicted molar refractivity (Wildman–Crippen MR) is 76.7 cm³/mol. The molecule has 1 aromatic rings. The summed E-state index contributed by atoms with van der Waals surface area (Å²) < 4.78 is 5.43. The minimum atomic E-state index is -0.530. The first-order valence-electron chi connectivity index (χ1n) is 7.53. The molecule has 0 aromatic carbocycles. The Bertz CT molecular complexity index is 602. The molecule has 6 nitrogen and oxygen atoms in total. The van der Waals surface area contributed by atoms with E-state index in [2.05, 4.69) is 10.3 Å². The number of rotatable bonds is 3. The van der Waals surface area contributed by atoms with E-state index in [1.165, 1.54) is 0 Å². The van der Waals surface area contributed by atoms with Crippen molar-refractivity contribution in [1.82, 2.24) is 10.3 Å². The summed E-state index contributed by atoms with van der Waals surface area (Å²) >= 11 is 0. The second-order valence-electron chi connectivity index (χ2n) is 5.69. The van der Waals surface area contributed by atoms with Gasteiger partial charge in [0.2, 0.25) is 0 Å². The summed E-state index contributed by atoms with van der Waals surface area (Å²) in [6.07, 6.45) is 5.31. The lowest BCUT2D eigenvalue weighted by atomic mass is 9.93. The number of amides is 1. The van der Waals surface area contributed by atoms with Gasteiger partial charge < -0.3 is 20.1 Å². The molecule has 2 aliphatic rings. The molecule has 2 heterocycles. The second-order valence-corrected chi connectivity index (χ2v) is 5.69. The molecule has 0 unspecified atom stereocenters. The topological polar surface area (TPSA) is 91.4 Å². The number of pyridine rings is 1. The van der Waals surface area contributed by atoms with Crippen molar-refractivity contribution in [3.63, 3.8) is 0 Å². The van der Waals surface area contributed by atoms with Crippen LogP contribution in [0.5, 0.6) is 5.75 Å². The van der Waals surface area contributed by atoms with E-state index in [0.717, 1.165) is 37.8 Å². The van der Waals surface area contributed by atoms with Crippen LogP contribution in [0.15, 0.2) is 4.79 Å². The SMILES string of the molecule is O=C(NC[C@@H]1CCCO1)c1c(O)c2c([nH]c1=O)CCCC2. The fourth-order valence-electron chi connectivity index (χ4n) is 3.07. The average molecular weight is 292 g/mol. The van der Waals surface area contributed by atoms with Crippen molar-refractivity contribution in [2.45, 2.75) is 44.6 Å². The number of aromatic nitrogens is 1. The molecule has 6 heteroatoms. The largest absolute Gasteiger partial charge is 0.507 e. The van der Waals surface area contributed by atoms with Gasteiger partial charge in [0, 0.05) is 24.4 Å². The first-order valence-corrected chi connectivity index (χ1v) is 7.53. The van der Waals surface area contributed by atoms with Crippen molar-refractivity contribution < 1.29 is 14.6 Å². The van der Waals surface area contributed by atoms with Gasteiger partial charge in [-0.05, 0) is 38.5 Å². The number of H-pyrrole nitrogens is 1. The van der Waals surface area contributed by atoms with Crippen LogP contribution < -0.4 is 10.9 Å². The van der Waals surface area contributed by atoms with Gasteiger partial charge >= 0.3 is 0 Å². The Morgan fingerprint density at radius 3 is 2.90 bits per heavy atom. The Labute approximate surface area is 122 Å². The molecule has 0 radical (unpaired) electrons. The van der Waals surface area contributed by atoms with E-state index in [9.17, 15) is 14.7 Å². The normalized spacial score (nSPS) is 21.0. The van der Waals surface area contributed by atoms with Crippen LogP contribution in [0.2, 0.25) is 0 Å². The molecule has 0 spiro atoms. The summed E-state index contributed by atoms with van der Waals surface area (Å²) in [6, 6.07) is 0. The molecule has 1 fully saturated rings. The number of hydrogen-bond acceptors (Lipinski definition) is 4. The maximum Gasteiger partial charge on any atom is 0.264 e. The van der Waals surface area contributed by atoms with Crippen LogP contribution in [0, 0.1) is 0 Å². The van der Waals surface area contributed by atoms with Gasteiger partial charge in [-0.15, -0.1) is 0 Å². The molecule has 0 bridgehead atoms. The van der Waals surface area contributed by atoms with Crippen LogP contribution in [0.1, 0.15) is 47.3 Å². The molecule has 1 aromatic heterocycles. The summed E-state index contributed by atoms with van der Waals surface area (Å²) in [5.41, 5.74) is 0.786. The van der Waals surface area contributed by atoms with E-state index in [1.807, 2.05) is 0 Å². The maximum absolute atomic E-state index is 12.2. The van der Waals surface area contributed by atoms with Crippen LogP contribution in [-0.4, -0.2) is 35.3 Å².